The van der Waals surface area contributed by atoms with Crippen LogP contribution >= 0.6 is 0 Å². The third-order valence-electron chi connectivity index (χ3n) is 9.07. The molecule has 230 valence electrons. The van der Waals surface area contributed by atoms with Gasteiger partial charge in [-0.2, -0.15) is 0 Å². The summed E-state index contributed by atoms with van der Waals surface area (Å²) in [6.07, 6.45) is 8.01. The van der Waals surface area contributed by atoms with Crippen LogP contribution in [0.25, 0.3) is 0 Å². The number of hydrogen-bond donors (Lipinski definition) is 0. The Labute approximate surface area is 262 Å². The summed E-state index contributed by atoms with van der Waals surface area (Å²) < 4.78 is 17.8. The molecular formula is C36H36N4O5. The van der Waals surface area contributed by atoms with Crippen molar-refractivity contribution in [3.05, 3.63) is 88.0 Å². The molecule has 4 heterocycles. The molecule has 0 spiro atoms. The normalized spacial score (nSPS) is 20.6. The minimum absolute atomic E-state index is 0.00850. The van der Waals surface area contributed by atoms with E-state index in [1.807, 2.05) is 60.3 Å². The second-order valence-corrected chi connectivity index (χ2v) is 11.9. The highest BCUT2D eigenvalue weighted by Gasteiger charge is 2.35. The van der Waals surface area contributed by atoms with E-state index in [1.54, 1.807) is 19.2 Å². The van der Waals surface area contributed by atoms with Gasteiger partial charge < -0.3 is 24.0 Å². The van der Waals surface area contributed by atoms with Crippen LogP contribution in [0.1, 0.15) is 57.2 Å². The summed E-state index contributed by atoms with van der Waals surface area (Å²) in [5.41, 5.74) is 6.88. The molecule has 9 nitrogen and oxygen atoms in total. The van der Waals surface area contributed by atoms with Crippen LogP contribution in [0, 0.1) is 6.92 Å². The molecule has 0 aliphatic carbocycles. The average Bonchev–Trinajstić information content (AvgIpc) is 3.38. The number of hydrogen-bond acceptors (Lipinski definition) is 7. The molecule has 1 unspecified atom stereocenters. The van der Waals surface area contributed by atoms with Crippen LogP contribution in [0.3, 0.4) is 0 Å². The number of amides is 2. The topological polar surface area (TPSA) is 93.0 Å². The van der Waals surface area contributed by atoms with Crippen LogP contribution < -0.4 is 14.2 Å². The van der Waals surface area contributed by atoms with Gasteiger partial charge in [-0.25, -0.2) is 0 Å². The van der Waals surface area contributed by atoms with Crippen molar-refractivity contribution in [1.82, 2.24) is 9.80 Å². The van der Waals surface area contributed by atoms with Gasteiger partial charge in [0.25, 0.3) is 11.8 Å². The van der Waals surface area contributed by atoms with Gasteiger partial charge in [-0.15, -0.1) is 0 Å². The van der Waals surface area contributed by atoms with Crippen molar-refractivity contribution in [2.75, 3.05) is 26.9 Å². The number of carbonyl (C=O) groups is 2. The number of aliphatic imine (C=N–C) groups is 2. The zero-order valence-corrected chi connectivity index (χ0v) is 25.8. The van der Waals surface area contributed by atoms with Crippen LogP contribution in [0.4, 0.5) is 11.4 Å². The Balaban J connectivity index is 0.999. The molecule has 4 aliphatic heterocycles. The highest BCUT2D eigenvalue weighted by Crippen LogP contribution is 2.39. The lowest BCUT2D eigenvalue weighted by Crippen LogP contribution is -2.44. The Morgan fingerprint density at radius 1 is 0.800 bits per heavy atom. The maximum atomic E-state index is 13.6. The molecule has 9 heteroatoms. The predicted molar refractivity (Wildman–Crippen MR) is 173 cm³/mol. The lowest BCUT2D eigenvalue weighted by molar-refractivity contribution is 0.0702. The van der Waals surface area contributed by atoms with Crippen molar-refractivity contribution in [1.29, 1.82) is 0 Å². The minimum Gasteiger partial charge on any atom is -0.493 e. The van der Waals surface area contributed by atoms with Crippen LogP contribution in [0.5, 0.6) is 17.2 Å². The number of rotatable bonds is 7. The Hall–Kier alpha value is -4.92. The zero-order chi connectivity index (χ0) is 31.1. The number of benzene rings is 3. The Kier molecular flexibility index (Phi) is 7.61. The van der Waals surface area contributed by atoms with Gasteiger partial charge in [0.15, 0.2) is 11.5 Å². The van der Waals surface area contributed by atoms with E-state index < -0.39 is 0 Å². The number of aryl methyl sites for hydroxylation is 1. The lowest BCUT2D eigenvalue weighted by atomic mass is 9.94. The van der Waals surface area contributed by atoms with E-state index >= 15 is 0 Å². The molecule has 0 bridgehead atoms. The zero-order valence-electron chi connectivity index (χ0n) is 25.8. The number of ether oxygens (including phenoxy) is 3. The monoisotopic (exact) mass is 604 g/mol. The maximum Gasteiger partial charge on any atom is 0.257 e. The van der Waals surface area contributed by atoms with Crippen molar-refractivity contribution in [3.8, 4) is 17.2 Å². The Bertz CT molecular complexity index is 1780. The average molecular weight is 605 g/mol. The summed E-state index contributed by atoms with van der Waals surface area (Å²) in [5.74, 6) is 1.66. The van der Waals surface area contributed by atoms with Crippen LogP contribution in [-0.2, 0) is 13.0 Å². The highest BCUT2D eigenvalue weighted by molar-refractivity contribution is 6.04. The third-order valence-corrected chi connectivity index (χ3v) is 9.07. The molecule has 1 fully saturated rings. The smallest absolute Gasteiger partial charge is 0.257 e. The second-order valence-electron chi connectivity index (χ2n) is 11.9. The van der Waals surface area contributed by atoms with E-state index in [0.717, 1.165) is 18.4 Å². The minimum atomic E-state index is -0.101. The third kappa shape index (κ3) is 5.36. The fraction of sp³-hybridized carbons (Fsp3) is 0.333. The quantitative estimate of drug-likeness (QED) is 0.243. The molecule has 0 radical (unpaired) electrons. The largest absolute Gasteiger partial charge is 0.493 e. The first kappa shape index (κ1) is 28.8. The molecule has 2 amide bonds. The Morgan fingerprint density at radius 3 is 2.13 bits per heavy atom. The first-order valence-electron chi connectivity index (χ1n) is 15.5. The molecule has 7 rings (SSSR count). The number of allylic oxidation sites excluding steroid dienone is 1. The summed E-state index contributed by atoms with van der Waals surface area (Å²) in [6.45, 7) is 5.95. The summed E-state index contributed by atoms with van der Waals surface area (Å²) in [6, 6.07) is 15.4. The van der Waals surface area contributed by atoms with Crippen molar-refractivity contribution in [2.24, 2.45) is 9.98 Å². The first-order chi connectivity index (χ1) is 21.9. The van der Waals surface area contributed by atoms with E-state index in [9.17, 15) is 9.59 Å². The number of carbonyl (C=O) groups excluding carboxylic acids is 2. The molecule has 2 atom stereocenters. The fourth-order valence-electron chi connectivity index (χ4n) is 6.52. The number of nitrogens with zero attached hydrogens (tertiary/aromatic N) is 4. The summed E-state index contributed by atoms with van der Waals surface area (Å²) in [5, 5.41) is 0. The van der Waals surface area contributed by atoms with Gasteiger partial charge in [0, 0.05) is 44.1 Å². The van der Waals surface area contributed by atoms with Gasteiger partial charge >= 0.3 is 0 Å². The molecule has 0 aromatic heterocycles. The van der Waals surface area contributed by atoms with Gasteiger partial charge in [0.1, 0.15) is 5.75 Å². The van der Waals surface area contributed by atoms with Gasteiger partial charge in [0.2, 0.25) is 0 Å². The van der Waals surface area contributed by atoms with Gasteiger partial charge in [0.05, 0.1) is 54.9 Å². The Morgan fingerprint density at radius 2 is 1.42 bits per heavy atom. The fourth-order valence-corrected chi connectivity index (χ4v) is 6.52. The molecule has 3 aromatic carbocycles. The van der Waals surface area contributed by atoms with Gasteiger partial charge in [-0.05, 0) is 55.5 Å². The molecule has 4 aliphatic rings. The summed E-state index contributed by atoms with van der Waals surface area (Å²) >= 11 is 0. The molecule has 0 saturated carbocycles. The standard InChI is InChI=1S/C36H36N4O5/c1-4-23-13-26-18-37-30-16-32(22(2)12-28(30)35(41)39(26)20-23)44-10-7-11-45-34-17-31-29(15-33(34)43-3)36(42)40-21-25-9-6-5-8-24(25)14-27(40)19-38-31/h4-6,8-9,12,15-19,26-27H,7,10-11,13-14,20-21H2,1-3H3/b23-4-/t26-,27?/m0/s1. The van der Waals surface area contributed by atoms with E-state index in [2.05, 4.69) is 23.2 Å². The first-order valence-corrected chi connectivity index (χ1v) is 15.5. The van der Waals surface area contributed by atoms with Crippen LogP contribution in [0.15, 0.2) is 70.2 Å². The number of fused-ring (bicyclic) bond motifs is 5. The van der Waals surface area contributed by atoms with E-state index in [-0.39, 0.29) is 23.9 Å². The van der Waals surface area contributed by atoms with Crippen molar-refractivity contribution < 1.29 is 23.8 Å². The van der Waals surface area contributed by atoms with E-state index in [0.29, 0.717) is 72.5 Å². The van der Waals surface area contributed by atoms with Gasteiger partial charge in [-0.3, -0.25) is 19.6 Å². The molecule has 45 heavy (non-hydrogen) atoms. The van der Waals surface area contributed by atoms with Crippen molar-refractivity contribution >= 4 is 35.6 Å². The van der Waals surface area contributed by atoms with Gasteiger partial charge in [-0.1, -0.05) is 35.9 Å². The number of methoxy groups -OCH3 is 1. The SMILES string of the molecule is C/C=C1/C[C@H]2C=Nc3cc(OCCCOc4cc5c(cc4OC)C(=O)N4Cc6ccccc6CC4C=N5)c(C)cc3C(=O)N2C1. The van der Waals surface area contributed by atoms with E-state index in [1.165, 1.54) is 16.7 Å². The lowest BCUT2D eigenvalue weighted by Gasteiger charge is -2.34. The highest BCUT2D eigenvalue weighted by atomic mass is 16.5. The van der Waals surface area contributed by atoms with Crippen molar-refractivity contribution in [2.45, 2.75) is 51.7 Å². The maximum absolute atomic E-state index is 13.6. The van der Waals surface area contributed by atoms with E-state index in [4.69, 9.17) is 19.2 Å². The summed E-state index contributed by atoms with van der Waals surface area (Å²) in [4.78, 5) is 40.1. The molecule has 1 saturated heterocycles. The molecule has 3 aromatic rings. The second kappa shape index (κ2) is 11.9. The molecule has 0 N–H and O–H groups in total. The van der Waals surface area contributed by atoms with Crippen molar-refractivity contribution in [3.63, 3.8) is 0 Å². The van der Waals surface area contributed by atoms with Crippen LogP contribution in [-0.4, -0.2) is 73.0 Å². The molecular weight excluding hydrogens is 568 g/mol. The predicted octanol–water partition coefficient (Wildman–Crippen LogP) is 6.01. The van der Waals surface area contributed by atoms with Crippen LogP contribution in [0.2, 0.25) is 0 Å². The summed E-state index contributed by atoms with van der Waals surface area (Å²) in [7, 11) is 1.57.